The smallest absolute Gasteiger partial charge is 0.232 e. The highest BCUT2D eigenvalue weighted by atomic mass is 79.9. The first-order valence-electron chi connectivity index (χ1n) is 5.11. The van der Waals surface area contributed by atoms with E-state index in [0.717, 1.165) is 10.9 Å². The van der Waals surface area contributed by atoms with Crippen molar-refractivity contribution in [3.63, 3.8) is 0 Å². The van der Waals surface area contributed by atoms with Crippen LogP contribution in [-0.2, 0) is 0 Å². The van der Waals surface area contributed by atoms with Crippen LogP contribution in [0.2, 0.25) is 0 Å². The summed E-state index contributed by atoms with van der Waals surface area (Å²) in [6.07, 6.45) is 2.52. The maximum Gasteiger partial charge on any atom is 0.232 e. The maximum atomic E-state index is 5.71. The first-order chi connectivity index (χ1) is 7.52. The van der Waals surface area contributed by atoms with Crippen molar-refractivity contribution in [2.45, 2.75) is 32.4 Å². The third-order valence-corrected chi connectivity index (χ3v) is 2.55. The quantitative estimate of drug-likeness (QED) is 0.864. The second-order valence-corrected chi connectivity index (χ2v) is 4.66. The molecule has 1 rings (SSSR count). The van der Waals surface area contributed by atoms with E-state index in [1.165, 1.54) is 0 Å². The Hall–Kier alpha value is -0.880. The highest BCUT2D eigenvalue weighted by molar-refractivity contribution is 9.10. The molecule has 0 saturated carbocycles. The second-order valence-electron chi connectivity index (χ2n) is 3.81. The molecule has 1 aromatic heterocycles. The summed E-state index contributed by atoms with van der Waals surface area (Å²) in [4.78, 5) is 8.35. The van der Waals surface area contributed by atoms with Crippen LogP contribution in [0.3, 0.4) is 0 Å². The number of aromatic nitrogens is 2. The molecule has 0 aliphatic carbocycles. The Morgan fingerprint density at radius 2 is 2.25 bits per heavy atom. The van der Waals surface area contributed by atoms with Gasteiger partial charge in [-0.15, -0.1) is 0 Å². The van der Waals surface area contributed by atoms with Gasteiger partial charge < -0.3 is 15.8 Å². The molecule has 0 spiro atoms. The Labute approximate surface area is 104 Å². The zero-order valence-electron chi connectivity index (χ0n) is 9.70. The minimum Gasteiger partial charge on any atom is -0.480 e. The van der Waals surface area contributed by atoms with Gasteiger partial charge in [0.25, 0.3) is 0 Å². The van der Waals surface area contributed by atoms with Gasteiger partial charge in [-0.25, -0.2) is 4.98 Å². The van der Waals surface area contributed by atoms with E-state index in [9.17, 15) is 0 Å². The summed E-state index contributed by atoms with van der Waals surface area (Å²) in [5.74, 6) is 1.07. The number of halogens is 1. The summed E-state index contributed by atoms with van der Waals surface area (Å²) >= 11 is 3.30. The first-order valence-corrected chi connectivity index (χ1v) is 5.91. The van der Waals surface area contributed by atoms with Gasteiger partial charge >= 0.3 is 0 Å². The van der Waals surface area contributed by atoms with E-state index in [4.69, 9.17) is 10.5 Å². The highest BCUT2D eigenvalue weighted by Crippen LogP contribution is 2.22. The Balaban J connectivity index is 2.67. The third-order valence-electron chi connectivity index (χ3n) is 2.01. The van der Waals surface area contributed by atoms with E-state index in [2.05, 4.69) is 31.2 Å². The predicted molar refractivity (Wildman–Crippen MR) is 67.6 cm³/mol. The fourth-order valence-corrected chi connectivity index (χ4v) is 1.75. The molecule has 3 N–H and O–H groups in total. The summed E-state index contributed by atoms with van der Waals surface area (Å²) < 4.78 is 5.82. The molecule has 0 fully saturated rings. The standard InChI is InChI=1S/C10H17BrN4O/c1-6(12)4-7(2)14-10-13-5-8(11)9(15-10)16-3/h5-7H,4,12H2,1-3H3,(H,13,14,15). The van der Waals surface area contributed by atoms with Crippen LogP contribution in [-0.4, -0.2) is 29.2 Å². The fourth-order valence-electron chi connectivity index (χ4n) is 1.40. The minimum atomic E-state index is 0.153. The van der Waals surface area contributed by atoms with Gasteiger partial charge in [-0.2, -0.15) is 4.98 Å². The third kappa shape index (κ3) is 3.94. The lowest BCUT2D eigenvalue weighted by atomic mass is 10.1. The number of nitrogens with one attached hydrogen (secondary N) is 1. The summed E-state index contributed by atoms with van der Waals surface area (Å²) in [6, 6.07) is 0.380. The zero-order valence-corrected chi connectivity index (χ0v) is 11.3. The van der Waals surface area contributed by atoms with Crippen molar-refractivity contribution in [1.82, 2.24) is 9.97 Å². The zero-order chi connectivity index (χ0) is 12.1. The molecule has 0 aromatic carbocycles. The van der Waals surface area contributed by atoms with Crippen molar-refractivity contribution in [1.29, 1.82) is 0 Å². The molecular weight excluding hydrogens is 272 g/mol. The molecule has 6 heteroatoms. The van der Waals surface area contributed by atoms with Crippen molar-refractivity contribution in [3.8, 4) is 5.88 Å². The SMILES string of the molecule is COc1nc(NC(C)CC(C)N)ncc1Br. The van der Waals surface area contributed by atoms with Gasteiger partial charge in [-0.05, 0) is 36.2 Å². The van der Waals surface area contributed by atoms with Crippen LogP contribution in [0.4, 0.5) is 5.95 Å². The molecular formula is C10H17BrN4O. The number of rotatable bonds is 5. The van der Waals surface area contributed by atoms with Gasteiger partial charge in [0.2, 0.25) is 11.8 Å². The number of nitrogens with two attached hydrogens (primary N) is 1. The Morgan fingerprint density at radius 1 is 1.56 bits per heavy atom. The Morgan fingerprint density at radius 3 is 2.81 bits per heavy atom. The maximum absolute atomic E-state index is 5.71. The average Bonchev–Trinajstić information content (AvgIpc) is 2.19. The van der Waals surface area contributed by atoms with Gasteiger partial charge in [-0.1, -0.05) is 0 Å². The van der Waals surface area contributed by atoms with Crippen molar-refractivity contribution in [2.24, 2.45) is 5.73 Å². The van der Waals surface area contributed by atoms with Crippen LogP contribution in [0.15, 0.2) is 10.7 Å². The molecule has 0 bridgehead atoms. The molecule has 0 saturated heterocycles. The summed E-state index contributed by atoms with van der Waals surface area (Å²) in [7, 11) is 1.57. The average molecular weight is 289 g/mol. The number of ether oxygens (including phenoxy) is 1. The molecule has 1 heterocycles. The van der Waals surface area contributed by atoms with Crippen molar-refractivity contribution >= 4 is 21.9 Å². The van der Waals surface area contributed by atoms with E-state index in [1.54, 1.807) is 13.3 Å². The Kier molecular flexibility index (Phi) is 4.95. The van der Waals surface area contributed by atoms with E-state index < -0.39 is 0 Å². The topological polar surface area (TPSA) is 73.1 Å². The van der Waals surface area contributed by atoms with Gasteiger partial charge in [0, 0.05) is 12.1 Å². The van der Waals surface area contributed by atoms with Crippen molar-refractivity contribution in [2.75, 3.05) is 12.4 Å². The minimum absolute atomic E-state index is 0.153. The van der Waals surface area contributed by atoms with Crippen LogP contribution in [0.5, 0.6) is 5.88 Å². The molecule has 1 aromatic rings. The molecule has 0 amide bonds. The lowest BCUT2D eigenvalue weighted by Gasteiger charge is -2.16. The first kappa shape index (κ1) is 13.2. The molecule has 0 radical (unpaired) electrons. The number of hydrogen-bond acceptors (Lipinski definition) is 5. The Bertz CT molecular complexity index is 346. The lowest BCUT2D eigenvalue weighted by Crippen LogP contribution is -2.26. The molecule has 16 heavy (non-hydrogen) atoms. The van der Waals surface area contributed by atoms with E-state index in [0.29, 0.717) is 11.8 Å². The molecule has 90 valence electrons. The van der Waals surface area contributed by atoms with E-state index in [-0.39, 0.29) is 12.1 Å². The van der Waals surface area contributed by atoms with Crippen LogP contribution in [0.25, 0.3) is 0 Å². The largest absolute Gasteiger partial charge is 0.480 e. The van der Waals surface area contributed by atoms with Crippen LogP contribution in [0.1, 0.15) is 20.3 Å². The molecule has 2 unspecified atom stereocenters. The highest BCUT2D eigenvalue weighted by Gasteiger charge is 2.09. The fraction of sp³-hybridized carbons (Fsp3) is 0.600. The number of methoxy groups -OCH3 is 1. The van der Waals surface area contributed by atoms with Crippen LogP contribution >= 0.6 is 15.9 Å². The monoisotopic (exact) mass is 288 g/mol. The number of anilines is 1. The van der Waals surface area contributed by atoms with Gasteiger partial charge in [0.05, 0.1) is 17.8 Å². The summed E-state index contributed by atoms with van der Waals surface area (Å²) in [6.45, 7) is 4.02. The molecule has 5 nitrogen and oxygen atoms in total. The molecule has 0 aliphatic heterocycles. The van der Waals surface area contributed by atoms with E-state index in [1.807, 2.05) is 13.8 Å². The number of hydrogen-bond donors (Lipinski definition) is 2. The van der Waals surface area contributed by atoms with Crippen LogP contribution in [0, 0.1) is 0 Å². The van der Waals surface area contributed by atoms with Crippen LogP contribution < -0.4 is 15.8 Å². The molecule has 2 atom stereocenters. The van der Waals surface area contributed by atoms with Gasteiger partial charge in [-0.3, -0.25) is 0 Å². The van der Waals surface area contributed by atoms with Gasteiger partial charge in [0.1, 0.15) is 0 Å². The second kappa shape index (κ2) is 6.00. The lowest BCUT2D eigenvalue weighted by molar-refractivity contribution is 0.394. The van der Waals surface area contributed by atoms with Crippen molar-refractivity contribution in [3.05, 3.63) is 10.7 Å². The summed E-state index contributed by atoms with van der Waals surface area (Å²) in [5, 5.41) is 3.17. The van der Waals surface area contributed by atoms with E-state index >= 15 is 0 Å². The van der Waals surface area contributed by atoms with Crippen molar-refractivity contribution < 1.29 is 4.74 Å². The predicted octanol–water partition coefficient (Wildman–Crippen LogP) is 1.79. The van der Waals surface area contributed by atoms with Gasteiger partial charge in [0.15, 0.2) is 0 Å². The number of nitrogens with zero attached hydrogens (tertiary/aromatic N) is 2. The molecule has 0 aliphatic rings. The summed E-state index contributed by atoms with van der Waals surface area (Å²) in [5.41, 5.74) is 5.71. The normalized spacial score (nSPS) is 14.3.